The highest BCUT2D eigenvalue weighted by molar-refractivity contribution is 6.34. The summed E-state index contributed by atoms with van der Waals surface area (Å²) < 4.78 is 0. The summed E-state index contributed by atoms with van der Waals surface area (Å²) in [6.45, 7) is 4.25. The van der Waals surface area contributed by atoms with E-state index in [-0.39, 0.29) is 0 Å². The topological polar surface area (TPSA) is 25.8 Å². The van der Waals surface area contributed by atoms with Crippen LogP contribution in [-0.2, 0) is 0 Å². The molecule has 0 spiro atoms. The molecule has 0 aliphatic rings. The number of hydrogen-bond donors (Lipinski definition) is 0. The third-order valence-electron chi connectivity index (χ3n) is 2.63. The van der Waals surface area contributed by atoms with Gasteiger partial charge in [0.2, 0.25) is 0 Å². The lowest BCUT2D eigenvalue weighted by Crippen LogP contribution is -1.99. The van der Waals surface area contributed by atoms with E-state index in [9.17, 15) is 0 Å². The van der Waals surface area contributed by atoms with E-state index in [2.05, 4.69) is 23.8 Å². The fourth-order valence-corrected chi connectivity index (χ4v) is 1.68. The van der Waals surface area contributed by atoms with Crippen molar-refractivity contribution in [3.05, 3.63) is 35.2 Å². The van der Waals surface area contributed by atoms with Crippen LogP contribution in [-0.4, -0.2) is 9.97 Å². The zero-order valence-electron chi connectivity index (χ0n) is 8.87. The number of hydrogen-bond acceptors (Lipinski definition) is 2. The highest BCUT2D eigenvalue weighted by Gasteiger charge is 2.08. The standard InChI is InChI=1S/C12H13ClN2/c1-3-8(2)12-14-7-9-5-4-6-10(13)11(9)15-12/h4-8H,3H2,1-2H3. The molecule has 78 valence electrons. The van der Waals surface area contributed by atoms with Crippen LogP contribution in [0.1, 0.15) is 32.0 Å². The fraction of sp³-hybridized carbons (Fsp3) is 0.333. The van der Waals surface area contributed by atoms with Gasteiger partial charge < -0.3 is 0 Å². The minimum Gasteiger partial charge on any atom is -0.240 e. The molecule has 15 heavy (non-hydrogen) atoms. The van der Waals surface area contributed by atoms with Crippen LogP contribution < -0.4 is 0 Å². The lowest BCUT2D eigenvalue weighted by molar-refractivity contribution is 0.683. The van der Waals surface area contributed by atoms with E-state index in [1.54, 1.807) is 0 Å². The van der Waals surface area contributed by atoms with Gasteiger partial charge in [-0.25, -0.2) is 9.97 Å². The van der Waals surface area contributed by atoms with Crippen LogP contribution in [0.25, 0.3) is 10.9 Å². The number of rotatable bonds is 2. The molecule has 0 radical (unpaired) electrons. The molecular weight excluding hydrogens is 208 g/mol. The zero-order chi connectivity index (χ0) is 10.8. The smallest absolute Gasteiger partial charge is 0.131 e. The molecule has 0 saturated carbocycles. The van der Waals surface area contributed by atoms with E-state index >= 15 is 0 Å². The molecule has 1 atom stereocenters. The van der Waals surface area contributed by atoms with E-state index < -0.39 is 0 Å². The Morgan fingerprint density at radius 2 is 2.20 bits per heavy atom. The van der Waals surface area contributed by atoms with E-state index in [1.165, 1.54) is 0 Å². The molecule has 1 aromatic heterocycles. The second-order valence-corrected chi connectivity index (χ2v) is 4.12. The summed E-state index contributed by atoms with van der Waals surface area (Å²) >= 11 is 6.09. The maximum absolute atomic E-state index is 6.09. The Hall–Kier alpha value is -1.15. The minimum absolute atomic E-state index is 0.380. The van der Waals surface area contributed by atoms with E-state index in [4.69, 9.17) is 11.6 Å². The number of fused-ring (bicyclic) bond motifs is 1. The third kappa shape index (κ3) is 1.95. The minimum atomic E-state index is 0.380. The monoisotopic (exact) mass is 220 g/mol. The first-order valence-corrected chi connectivity index (χ1v) is 5.51. The molecule has 0 aliphatic heterocycles. The normalized spacial score (nSPS) is 13.0. The molecule has 0 N–H and O–H groups in total. The Labute approximate surface area is 94.3 Å². The van der Waals surface area contributed by atoms with Crippen LogP contribution in [0.4, 0.5) is 0 Å². The Kier molecular flexibility index (Phi) is 2.87. The molecule has 0 amide bonds. The molecule has 1 heterocycles. The van der Waals surface area contributed by atoms with Gasteiger partial charge in [-0.15, -0.1) is 0 Å². The van der Waals surface area contributed by atoms with Crippen molar-refractivity contribution in [2.75, 3.05) is 0 Å². The van der Waals surface area contributed by atoms with Gasteiger partial charge in [0.1, 0.15) is 5.82 Å². The molecule has 0 aliphatic carbocycles. The molecule has 2 aromatic rings. The van der Waals surface area contributed by atoms with Gasteiger partial charge in [0, 0.05) is 17.5 Å². The summed E-state index contributed by atoms with van der Waals surface area (Å²) in [4.78, 5) is 8.85. The molecule has 2 rings (SSSR count). The summed E-state index contributed by atoms with van der Waals surface area (Å²) in [5, 5.41) is 1.69. The SMILES string of the molecule is CCC(C)c1ncc2cccc(Cl)c2n1. The van der Waals surface area contributed by atoms with Gasteiger partial charge in [-0.3, -0.25) is 0 Å². The van der Waals surface area contributed by atoms with Crippen molar-refractivity contribution in [1.82, 2.24) is 9.97 Å². The van der Waals surface area contributed by atoms with Gasteiger partial charge in [-0.05, 0) is 12.5 Å². The second-order valence-electron chi connectivity index (χ2n) is 3.72. The first kappa shape index (κ1) is 10.4. The van der Waals surface area contributed by atoms with E-state index in [1.807, 2.05) is 24.4 Å². The van der Waals surface area contributed by atoms with Crippen LogP contribution in [0, 0.1) is 0 Å². The molecule has 1 aromatic carbocycles. The van der Waals surface area contributed by atoms with Gasteiger partial charge in [0.25, 0.3) is 0 Å². The number of halogens is 1. The van der Waals surface area contributed by atoms with E-state index in [0.29, 0.717) is 10.9 Å². The Morgan fingerprint density at radius 3 is 2.93 bits per heavy atom. The lowest BCUT2D eigenvalue weighted by Gasteiger charge is -2.07. The summed E-state index contributed by atoms with van der Waals surface area (Å²) in [5.74, 6) is 1.25. The maximum Gasteiger partial charge on any atom is 0.131 e. The largest absolute Gasteiger partial charge is 0.240 e. The number of benzene rings is 1. The molecule has 0 fully saturated rings. The summed E-state index contributed by atoms with van der Waals surface area (Å²) in [5.41, 5.74) is 0.851. The Bertz CT molecular complexity index is 482. The lowest BCUT2D eigenvalue weighted by atomic mass is 10.1. The molecule has 0 saturated heterocycles. The van der Waals surface area contributed by atoms with Crippen LogP contribution >= 0.6 is 11.6 Å². The molecule has 2 nitrogen and oxygen atoms in total. The maximum atomic E-state index is 6.09. The number of para-hydroxylation sites is 1. The number of nitrogens with zero attached hydrogens (tertiary/aromatic N) is 2. The molecule has 1 unspecified atom stereocenters. The van der Waals surface area contributed by atoms with Crippen molar-refractivity contribution in [3.8, 4) is 0 Å². The predicted octanol–water partition coefficient (Wildman–Crippen LogP) is 3.80. The predicted molar refractivity (Wildman–Crippen MR) is 63.3 cm³/mol. The van der Waals surface area contributed by atoms with Crippen molar-refractivity contribution in [3.63, 3.8) is 0 Å². The molecule has 0 bridgehead atoms. The van der Waals surface area contributed by atoms with Crippen molar-refractivity contribution in [2.45, 2.75) is 26.2 Å². The number of aromatic nitrogens is 2. The zero-order valence-corrected chi connectivity index (χ0v) is 9.62. The van der Waals surface area contributed by atoms with Gasteiger partial charge in [-0.1, -0.05) is 37.6 Å². The summed E-state index contributed by atoms with van der Waals surface area (Å²) in [6.07, 6.45) is 2.88. The molecular formula is C12H13ClN2. The van der Waals surface area contributed by atoms with Gasteiger partial charge in [-0.2, -0.15) is 0 Å². The summed E-state index contributed by atoms with van der Waals surface area (Å²) in [6, 6.07) is 5.75. The van der Waals surface area contributed by atoms with Crippen molar-refractivity contribution >= 4 is 22.5 Å². The van der Waals surface area contributed by atoms with Gasteiger partial charge >= 0.3 is 0 Å². The van der Waals surface area contributed by atoms with Crippen LogP contribution in [0.5, 0.6) is 0 Å². The highest BCUT2D eigenvalue weighted by Crippen LogP contribution is 2.23. The summed E-state index contributed by atoms with van der Waals surface area (Å²) in [7, 11) is 0. The molecule has 3 heteroatoms. The van der Waals surface area contributed by atoms with Crippen LogP contribution in [0.15, 0.2) is 24.4 Å². The Balaban J connectivity index is 2.59. The highest BCUT2D eigenvalue weighted by atomic mass is 35.5. The van der Waals surface area contributed by atoms with Gasteiger partial charge in [0.05, 0.1) is 10.5 Å². The quantitative estimate of drug-likeness (QED) is 0.770. The third-order valence-corrected chi connectivity index (χ3v) is 2.94. The fourth-order valence-electron chi connectivity index (χ4n) is 1.45. The Morgan fingerprint density at radius 1 is 1.40 bits per heavy atom. The second kappa shape index (κ2) is 4.15. The first-order valence-electron chi connectivity index (χ1n) is 5.13. The van der Waals surface area contributed by atoms with Gasteiger partial charge in [0.15, 0.2) is 0 Å². The average Bonchev–Trinajstić information content (AvgIpc) is 2.28. The van der Waals surface area contributed by atoms with Crippen molar-refractivity contribution < 1.29 is 0 Å². The van der Waals surface area contributed by atoms with Crippen molar-refractivity contribution in [2.24, 2.45) is 0 Å². The van der Waals surface area contributed by atoms with Crippen molar-refractivity contribution in [1.29, 1.82) is 0 Å². The van der Waals surface area contributed by atoms with E-state index in [0.717, 1.165) is 23.1 Å². The average molecular weight is 221 g/mol. The van der Waals surface area contributed by atoms with Crippen LogP contribution in [0.3, 0.4) is 0 Å². The first-order chi connectivity index (χ1) is 7.22. The van der Waals surface area contributed by atoms with Crippen LogP contribution in [0.2, 0.25) is 5.02 Å².